The smallest absolute Gasteiger partial charge is 0.339 e. The van der Waals surface area contributed by atoms with Gasteiger partial charge in [-0.15, -0.1) is 24.8 Å². The molecule has 92 valence electrons. The number of hydrogen-bond donors (Lipinski definition) is 1. The van der Waals surface area contributed by atoms with Crippen LogP contribution >= 0.6 is 24.8 Å². The van der Waals surface area contributed by atoms with Crippen molar-refractivity contribution in [3.05, 3.63) is 36.0 Å². The molecule has 1 heterocycles. The van der Waals surface area contributed by atoms with Gasteiger partial charge in [-0.25, -0.2) is 4.79 Å². The van der Waals surface area contributed by atoms with Gasteiger partial charge >= 0.3 is 5.97 Å². The number of carbonyl (C=O) groups excluding carboxylic acids is 1. The van der Waals surface area contributed by atoms with Crippen molar-refractivity contribution >= 4 is 47.4 Å². The molecule has 0 unspecified atom stereocenters. The van der Waals surface area contributed by atoms with E-state index in [1.165, 1.54) is 13.3 Å². The lowest BCUT2D eigenvalue weighted by Gasteiger charge is -2.01. The highest BCUT2D eigenvalue weighted by Crippen LogP contribution is 2.16. The molecule has 1 aromatic heterocycles. The number of carbonyl (C=O) groups is 1. The van der Waals surface area contributed by atoms with Crippen molar-refractivity contribution < 1.29 is 9.53 Å². The highest BCUT2D eigenvalue weighted by molar-refractivity contribution is 5.94. The minimum Gasteiger partial charge on any atom is -0.465 e. The van der Waals surface area contributed by atoms with Crippen LogP contribution in [0, 0.1) is 0 Å². The molecule has 6 heteroatoms. The van der Waals surface area contributed by atoms with Crippen LogP contribution in [-0.2, 0) is 4.74 Å². The van der Waals surface area contributed by atoms with Gasteiger partial charge in [0.05, 0.1) is 18.2 Å². The standard InChI is InChI=1S/C11H10N2O2.2ClH/c1-15-11(14)8-4-7-2-3-9(12)5-10(7)13-6-8;;/h2-6H,12H2,1H3;2*1H. The molecule has 0 amide bonds. The minimum absolute atomic E-state index is 0. The Balaban J connectivity index is 0.00000128. The van der Waals surface area contributed by atoms with Gasteiger partial charge in [-0.1, -0.05) is 6.07 Å². The third-order valence-electron chi connectivity index (χ3n) is 2.13. The zero-order valence-electron chi connectivity index (χ0n) is 9.04. The van der Waals surface area contributed by atoms with Crippen LogP contribution in [0.3, 0.4) is 0 Å². The Bertz CT molecular complexity index is 532. The first-order chi connectivity index (χ1) is 7.20. The molecular weight excluding hydrogens is 263 g/mol. The fourth-order valence-electron chi connectivity index (χ4n) is 1.37. The van der Waals surface area contributed by atoms with Gasteiger partial charge in [0.1, 0.15) is 0 Å². The van der Waals surface area contributed by atoms with Crippen molar-refractivity contribution in [1.82, 2.24) is 4.98 Å². The van der Waals surface area contributed by atoms with Crippen molar-refractivity contribution in [2.75, 3.05) is 12.8 Å². The molecule has 1 aromatic carbocycles. The SMILES string of the molecule is COC(=O)c1cnc2cc(N)ccc2c1.Cl.Cl. The van der Waals surface area contributed by atoms with E-state index in [4.69, 9.17) is 5.73 Å². The number of nitrogen functional groups attached to an aromatic ring is 1. The number of nitrogens with zero attached hydrogens (tertiary/aromatic N) is 1. The molecule has 2 aromatic rings. The number of esters is 1. The van der Waals surface area contributed by atoms with Gasteiger partial charge in [-0.2, -0.15) is 0 Å². The van der Waals surface area contributed by atoms with E-state index in [9.17, 15) is 4.79 Å². The van der Waals surface area contributed by atoms with E-state index in [1.54, 1.807) is 18.2 Å². The lowest BCUT2D eigenvalue weighted by molar-refractivity contribution is 0.0600. The van der Waals surface area contributed by atoms with Crippen LogP contribution in [0.15, 0.2) is 30.5 Å². The molecule has 0 saturated carbocycles. The quantitative estimate of drug-likeness (QED) is 0.641. The summed E-state index contributed by atoms with van der Waals surface area (Å²) >= 11 is 0. The fraction of sp³-hybridized carbons (Fsp3) is 0.0909. The summed E-state index contributed by atoms with van der Waals surface area (Å²) in [6.45, 7) is 0. The second-order valence-electron chi connectivity index (χ2n) is 3.17. The first kappa shape index (κ1) is 15.5. The minimum atomic E-state index is -0.388. The average molecular weight is 275 g/mol. The van der Waals surface area contributed by atoms with Crippen molar-refractivity contribution in [3.8, 4) is 0 Å². The number of rotatable bonds is 1. The Labute approximate surface area is 111 Å². The average Bonchev–Trinajstić information content (AvgIpc) is 2.27. The number of halogens is 2. The number of pyridine rings is 1. The highest BCUT2D eigenvalue weighted by atomic mass is 35.5. The molecule has 0 aliphatic carbocycles. The number of benzene rings is 1. The largest absolute Gasteiger partial charge is 0.465 e. The van der Waals surface area contributed by atoms with Crippen LogP contribution in [-0.4, -0.2) is 18.1 Å². The lowest BCUT2D eigenvalue weighted by Crippen LogP contribution is -2.01. The molecule has 0 aliphatic heterocycles. The zero-order chi connectivity index (χ0) is 10.8. The Kier molecular flexibility index (Phi) is 5.71. The molecule has 2 rings (SSSR count). The van der Waals surface area contributed by atoms with Crippen molar-refractivity contribution in [2.24, 2.45) is 0 Å². The van der Waals surface area contributed by atoms with Crippen LogP contribution in [0.1, 0.15) is 10.4 Å². The molecule has 2 N–H and O–H groups in total. The molecule has 0 bridgehead atoms. The van der Waals surface area contributed by atoms with Crippen LogP contribution in [0.4, 0.5) is 5.69 Å². The molecule has 0 fully saturated rings. The van der Waals surface area contributed by atoms with Crippen LogP contribution in [0.25, 0.3) is 10.9 Å². The highest BCUT2D eigenvalue weighted by Gasteiger charge is 2.06. The van der Waals surface area contributed by atoms with E-state index < -0.39 is 0 Å². The summed E-state index contributed by atoms with van der Waals surface area (Å²) in [5, 5.41) is 0.868. The predicted molar refractivity (Wildman–Crippen MR) is 72.0 cm³/mol. The van der Waals surface area contributed by atoms with Gasteiger partial charge < -0.3 is 10.5 Å². The molecule has 0 radical (unpaired) electrons. The van der Waals surface area contributed by atoms with Crippen molar-refractivity contribution in [2.45, 2.75) is 0 Å². The van der Waals surface area contributed by atoms with E-state index >= 15 is 0 Å². The maximum Gasteiger partial charge on any atom is 0.339 e. The monoisotopic (exact) mass is 274 g/mol. The normalized spacial score (nSPS) is 9.00. The molecular formula is C11H12Cl2N2O2. The van der Waals surface area contributed by atoms with E-state index in [0.29, 0.717) is 11.3 Å². The molecule has 0 atom stereocenters. The van der Waals surface area contributed by atoms with Crippen LogP contribution in [0.5, 0.6) is 0 Å². The van der Waals surface area contributed by atoms with Crippen molar-refractivity contribution in [1.29, 1.82) is 0 Å². The zero-order valence-corrected chi connectivity index (χ0v) is 10.7. The second kappa shape index (κ2) is 6.27. The van der Waals surface area contributed by atoms with E-state index in [2.05, 4.69) is 9.72 Å². The van der Waals surface area contributed by atoms with Crippen LogP contribution < -0.4 is 5.73 Å². The summed E-state index contributed by atoms with van der Waals surface area (Å²) in [6.07, 6.45) is 1.48. The maximum atomic E-state index is 11.2. The summed E-state index contributed by atoms with van der Waals surface area (Å²) < 4.78 is 4.61. The molecule has 4 nitrogen and oxygen atoms in total. The summed E-state index contributed by atoms with van der Waals surface area (Å²) in [6, 6.07) is 7.08. The summed E-state index contributed by atoms with van der Waals surface area (Å²) in [4.78, 5) is 15.4. The van der Waals surface area contributed by atoms with Gasteiger partial charge in [-0.05, 0) is 18.2 Å². The third kappa shape index (κ3) is 3.22. The summed E-state index contributed by atoms with van der Waals surface area (Å²) in [7, 11) is 1.34. The second-order valence-corrected chi connectivity index (χ2v) is 3.17. The van der Waals surface area contributed by atoms with E-state index in [1.807, 2.05) is 6.07 Å². The summed E-state index contributed by atoms with van der Waals surface area (Å²) in [5.41, 5.74) is 7.48. The number of fused-ring (bicyclic) bond motifs is 1. The van der Waals surface area contributed by atoms with Crippen LogP contribution in [0.2, 0.25) is 0 Å². The molecule has 0 aliphatic rings. The Morgan fingerprint density at radius 2 is 2.00 bits per heavy atom. The Morgan fingerprint density at radius 1 is 1.29 bits per heavy atom. The molecule has 17 heavy (non-hydrogen) atoms. The topological polar surface area (TPSA) is 65.2 Å². The summed E-state index contributed by atoms with van der Waals surface area (Å²) in [5.74, 6) is -0.388. The van der Waals surface area contributed by atoms with Crippen molar-refractivity contribution in [3.63, 3.8) is 0 Å². The molecule has 0 saturated heterocycles. The van der Waals surface area contributed by atoms with Gasteiger partial charge in [-0.3, -0.25) is 4.98 Å². The Hall–Kier alpha value is -1.52. The first-order valence-corrected chi connectivity index (χ1v) is 4.44. The van der Waals surface area contributed by atoms with E-state index in [0.717, 1.165) is 10.9 Å². The fourth-order valence-corrected chi connectivity index (χ4v) is 1.37. The van der Waals surface area contributed by atoms with Gasteiger partial charge in [0.25, 0.3) is 0 Å². The number of anilines is 1. The van der Waals surface area contributed by atoms with Gasteiger partial charge in [0, 0.05) is 17.3 Å². The number of aromatic nitrogens is 1. The number of ether oxygens (including phenoxy) is 1. The first-order valence-electron chi connectivity index (χ1n) is 4.44. The van der Waals surface area contributed by atoms with Gasteiger partial charge in [0.15, 0.2) is 0 Å². The maximum absolute atomic E-state index is 11.2. The number of methoxy groups -OCH3 is 1. The third-order valence-corrected chi connectivity index (χ3v) is 2.13. The van der Waals surface area contributed by atoms with E-state index in [-0.39, 0.29) is 30.8 Å². The lowest BCUT2D eigenvalue weighted by atomic mass is 10.1. The van der Waals surface area contributed by atoms with Gasteiger partial charge in [0.2, 0.25) is 0 Å². The molecule has 0 spiro atoms. The Morgan fingerprint density at radius 3 is 2.65 bits per heavy atom. The number of hydrogen-bond acceptors (Lipinski definition) is 4. The predicted octanol–water partition coefficient (Wildman–Crippen LogP) is 2.45. The number of nitrogens with two attached hydrogens (primary N) is 1.